The van der Waals surface area contributed by atoms with Gasteiger partial charge in [0.2, 0.25) is 0 Å². The summed E-state index contributed by atoms with van der Waals surface area (Å²) in [7, 11) is 0. The van der Waals surface area contributed by atoms with E-state index < -0.39 is 0 Å². The fourth-order valence-electron chi connectivity index (χ4n) is 11.1. The van der Waals surface area contributed by atoms with Gasteiger partial charge in [0.05, 0.1) is 22.4 Å². The third-order valence-electron chi connectivity index (χ3n) is 13.6. The number of benzene rings is 10. The summed E-state index contributed by atoms with van der Waals surface area (Å²) in [6.45, 7) is 0. The lowest BCUT2D eigenvalue weighted by atomic mass is 9.82. The molecular formula is C59H33N5. The number of nitriles is 1. The second kappa shape index (κ2) is 13.1. The average molecular weight is 812 g/mol. The highest BCUT2D eigenvalue weighted by molar-refractivity contribution is 6.35. The lowest BCUT2D eigenvalue weighted by Gasteiger charge is -2.27. The van der Waals surface area contributed by atoms with Gasteiger partial charge in [0, 0.05) is 50.6 Å². The van der Waals surface area contributed by atoms with E-state index >= 15 is 0 Å². The van der Waals surface area contributed by atoms with Crippen molar-refractivity contribution in [3.63, 3.8) is 0 Å². The molecule has 0 aliphatic heterocycles. The van der Waals surface area contributed by atoms with Crippen LogP contribution in [0.1, 0.15) is 5.56 Å². The molecule has 64 heavy (non-hydrogen) atoms. The number of pyridine rings is 2. The minimum atomic E-state index is 0.527. The van der Waals surface area contributed by atoms with Crippen molar-refractivity contribution in [1.82, 2.24) is 19.1 Å². The van der Waals surface area contributed by atoms with Crippen molar-refractivity contribution in [2.45, 2.75) is 0 Å². The van der Waals surface area contributed by atoms with Crippen LogP contribution in [0, 0.1) is 11.3 Å². The highest BCUT2D eigenvalue weighted by atomic mass is 15.1. The van der Waals surface area contributed by atoms with Gasteiger partial charge in [-0.3, -0.25) is 4.57 Å². The van der Waals surface area contributed by atoms with Gasteiger partial charge in [-0.2, -0.15) is 5.26 Å². The zero-order chi connectivity index (χ0) is 42.0. The second-order valence-corrected chi connectivity index (χ2v) is 16.7. The Bertz CT molecular complexity index is 3810. The summed E-state index contributed by atoms with van der Waals surface area (Å²) in [5.41, 5.74) is 11.6. The lowest BCUT2D eigenvalue weighted by Crippen LogP contribution is -2.11. The van der Waals surface area contributed by atoms with Crippen LogP contribution in [0.4, 0.5) is 0 Å². The molecule has 5 heteroatoms. The Morgan fingerprint density at radius 2 is 0.688 bits per heavy atom. The number of nitrogens with zero attached hydrogens (tertiary/aromatic N) is 5. The maximum Gasteiger partial charge on any atom is 0.147 e. The van der Waals surface area contributed by atoms with E-state index in [0.29, 0.717) is 5.56 Å². The van der Waals surface area contributed by atoms with Crippen molar-refractivity contribution >= 4 is 87.0 Å². The molecule has 0 amide bonds. The van der Waals surface area contributed by atoms with Gasteiger partial charge in [0.1, 0.15) is 22.9 Å². The molecule has 10 aromatic carbocycles. The van der Waals surface area contributed by atoms with Crippen LogP contribution >= 0.6 is 0 Å². The Hall–Kier alpha value is -8.85. The predicted octanol–water partition coefficient (Wildman–Crippen LogP) is 15.0. The van der Waals surface area contributed by atoms with Crippen molar-refractivity contribution in [3.8, 4) is 50.8 Å². The molecule has 0 N–H and O–H groups in total. The lowest BCUT2D eigenvalue weighted by molar-refractivity contribution is 1.08. The van der Waals surface area contributed by atoms with Gasteiger partial charge in [0.15, 0.2) is 0 Å². The third kappa shape index (κ3) is 4.50. The minimum absolute atomic E-state index is 0.527. The molecule has 4 heterocycles. The van der Waals surface area contributed by atoms with E-state index in [9.17, 15) is 5.26 Å². The zero-order valence-electron chi connectivity index (χ0n) is 34.3. The van der Waals surface area contributed by atoms with E-state index in [1.165, 1.54) is 32.3 Å². The Labute approximate surface area is 366 Å². The quantitative estimate of drug-likeness (QED) is 0.163. The van der Waals surface area contributed by atoms with Gasteiger partial charge in [-0.25, -0.2) is 9.97 Å². The minimum Gasteiger partial charge on any atom is -0.307 e. The van der Waals surface area contributed by atoms with Gasteiger partial charge in [0.25, 0.3) is 0 Å². The van der Waals surface area contributed by atoms with Gasteiger partial charge in [-0.1, -0.05) is 164 Å². The van der Waals surface area contributed by atoms with E-state index in [1.807, 2.05) is 12.4 Å². The molecule has 14 aromatic rings. The zero-order valence-corrected chi connectivity index (χ0v) is 34.3. The number of rotatable bonds is 5. The highest BCUT2D eigenvalue weighted by Gasteiger charge is 2.33. The molecule has 294 valence electrons. The summed E-state index contributed by atoms with van der Waals surface area (Å²) in [6, 6.07) is 69.6. The molecule has 0 aliphatic carbocycles. The van der Waals surface area contributed by atoms with Gasteiger partial charge in [-0.15, -0.1) is 0 Å². The van der Waals surface area contributed by atoms with Crippen molar-refractivity contribution in [1.29, 1.82) is 5.26 Å². The summed E-state index contributed by atoms with van der Waals surface area (Å²) in [6.07, 6.45) is 3.81. The standard InChI is InChI=1S/C59H33N5/c60-34-46-56(63-47-28-14-26-42-38-22-10-11-23-39(38)43-27-15-29-48(63)53(43)52(42)47)50(36-18-6-2-7-19-36)49(35-16-4-1-5-17-35)51(37-20-8-3-9-21-37)57(46)64-58-54-44(30-32-61-58)40-24-12-13-25-41(40)45-31-33-62-59(64)55(45)54/h1-33H. The second-order valence-electron chi connectivity index (χ2n) is 16.7. The van der Waals surface area contributed by atoms with Gasteiger partial charge < -0.3 is 4.57 Å². The van der Waals surface area contributed by atoms with Gasteiger partial charge in [-0.05, 0) is 84.0 Å². The molecule has 0 unspecified atom stereocenters. The van der Waals surface area contributed by atoms with E-state index in [4.69, 9.17) is 9.97 Å². The monoisotopic (exact) mass is 811 g/mol. The van der Waals surface area contributed by atoms with E-state index in [0.717, 1.165) is 99.4 Å². The van der Waals surface area contributed by atoms with Crippen molar-refractivity contribution < 1.29 is 0 Å². The summed E-state index contributed by atoms with van der Waals surface area (Å²) in [4.78, 5) is 10.5. The van der Waals surface area contributed by atoms with Crippen LogP contribution in [0.3, 0.4) is 0 Å². The Morgan fingerprint density at radius 3 is 1.11 bits per heavy atom. The third-order valence-corrected chi connectivity index (χ3v) is 13.6. The molecule has 0 bridgehead atoms. The molecule has 0 radical (unpaired) electrons. The molecule has 0 saturated heterocycles. The van der Waals surface area contributed by atoms with Crippen molar-refractivity contribution in [2.24, 2.45) is 0 Å². The number of hydrogen-bond donors (Lipinski definition) is 0. The summed E-state index contributed by atoms with van der Waals surface area (Å²) in [5, 5.41) is 26.1. The normalized spacial score (nSPS) is 12.0. The molecule has 14 rings (SSSR count). The number of aromatic nitrogens is 4. The van der Waals surface area contributed by atoms with Crippen molar-refractivity contribution in [3.05, 3.63) is 206 Å². The van der Waals surface area contributed by atoms with Crippen LogP contribution in [0.25, 0.3) is 132 Å². The first-order chi connectivity index (χ1) is 31.8. The fraction of sp³-hybridized carbons (Fsp3) is 0. The first kappa shape index (κ1) is 34.8. The first-order valence-electron chi connectivity index (χ1n) is 21.6. The van der Waals surface area contributed by atoms with Crippen LogP contribution in [-0.4, -0.2) is 19.1 Å². The molecule has 0 aliphatic rings. The van der Waals surface area contributed by atoms with E-state index in [1.54, 1.807) is 0 Å². The molecule has 0 fully saturated rings. The SMILES string of the molecule is N#Cc1c(-n2c3cccc4c5ccccc5c5cccc2c5c43)c(-c2ccccc2)c(-c2ccccc2)c(-c2ccccc2)c1-n1c2nccc3c4ccccc4c4ccnc1c4c32. The molecule has 0 atom stereocenters. The Kier molecular flexibility index (Phi) is 7.12. The van der Waals surface area contributed by atoms with Crippen LogP contribution in [0.15, 0.2) is 200 Å². The smallest absolute Gasteiger partial charge is 0.147 e. The average Bonchev–Trinajstić information content (AvgIpc) is 3.89. The molecule has 0 spiro atoms. The van der Waals surface area contributed by atoms with E-state index in [2.05, 4.69) is 203 Å². The summed E-state index contributed by atoms with van der Waals surface area (Å²) < 4.78 is 4.59. The molecule has 5 nitrogen and oxygen atoms in total. The highest BCUT2D eigenvalue weighted by Crippen LogP contribution is 2.54. The van der Waals surface area contributed by atoms with Crippen LogP contribution in [-0.2, 0) is 0 Å². The topological polar surface area (TPSA) is 59.4 Å². The first-order valence-corrected chi connectivity index (χ1v) is 21.6. The number of fused-ring (bicyclic) bond motifs is 6. The Morgan fingerprint density at radius 1 is 0.328 bits per heavy atom. The van der Waals surface area contributed by atoms with Crippen LogP contribution in [0.5, 0.6) is 0 Å². The predicted molar refractivity (Wildman–Crippen MR) is 264 cm³/mol. The van der Waals surface area contributed by atoms with Crippen LogP contribution < -0.4 is 0 Å². The summed E-state index contributed by atoms with van der Waals surface area (Å²) >= 11 is 0. The van der Waals surface area contributed by atoms with E-state index in [-0.39, 0.29) is 0 Å². The maximum absolute atomic E-state index is 12.3. The number of hydrogen-bond acceptors (Lipinski definition) is 3. The van der Waals surface area contributed by atoms with Crippen molar-refractivity contribution in [2.75, 3.05) is 0 Å². The molecular weight excluding hydrogens is 779 g/mol. The Balaban J connectivity index is 1.30. The summed E-state index contributed by atoms with van der Waals surface area (Å²) in [5.74, 6) is 0. The molecule has 0 saturated carbocycles. The molecule has 4 aromatic heterocycles. The van der Waals surface area contributed by atoms with Crippen LogP contribution in [0.2, 0.25) is 0 Å². The van der Waals surface area contributed by atoms with Gasteiger partial charge >= 0.3 is 0 Å². The fourth-order valence-corrected chi connectivity index (χ4v) is 11.1. The largest absolute Gasteiger partial charge is 0.307 e. The maximum atomic E-state index is 12.3.